The summed E-state index contributed by atoms with van der Waals surface area (Å²) in [4.78, 5) is 30.0. The minimum atomic E-state index is -0.154. The average molecular weight is 354 g/mol. The van der Waals surface area contributed by atoms with Crippen LogP contribution in [0.25, 0.3) is 0 Å². The van der Waals surface area contributed by atoms with Crippen molar-refractivity contribution in [1.29, 1.82) is 0 Å². The molecule has 0 saturated carbocycles. The molecule has 8 nitrogen and oxygen atoms in total. The van der Waals surface area contributed by atoms with Gasteiger partial charge in [0.2, 0.25) is 0 Å². The van der Waals surface area contributed by atoms with Gasteiger partial charge in [-0.1, -0.05) is 0 Å². The van der Waals surface area contributed by atoms with Crippen molar-refractivity contribution in [3.05, 3.63) is 0 Å². The Kier molecular flexibility index (Phi) is 6.50. The van der Waals surface area contributed by atoms with E-state index in [1.165, 1.54) is 7.11 Å². The number of carbonyl (C=O) groups is 2. The molecule has 0 bridgehead atoms. The van der Waals surface area contributed by atoms with E-state index >= 15 is 0 Å². The molecule has 3 rings (SSSR count). The predicted octanol–water partition coefficient (Wildman–Crippen LogP) is -0.260. The van der Waals surface area contributed by atoms with Gasteiger partial charge in [0.15, 0.2) is 0 Å². The van der Waals surface area contributed by atoms with E-state index in [2.05, 4.69) is 19.9 Å². The molecule has 0 aromatic heterocycles. The Morgan fingerprint density at radius 3 is 2.56 bits per heavy atom. The molecule has 25 heavy (non-hydrogen) atoms. The number of nitrogens with zero attached hydrogens (tertiary/aromatic N) is 3. The molecule has 8 heteroatoms. The van der Waals surface area contributed by atoms with E-state index in [1.54, 1.807) is 0 Å². The van der Waals surface area contributed by atoms with Crippen LogP contribution in [0.3, 0.4) is 0 Å². The molecule has 0 radical (unpaired) electrons. The minimum absolute atomic E-state index is 0.0241. The van der Waals surface area contributed by atoms with Crippen LogP contribution in [-0.4, -0.2) is 105 Å². The van der Waals surface area contributed by atoms with E-state index in [9.17, 15) is 9.59 Å². The molecule has 142 valence electrons. The SMILES string of the molecule is COC(=O)CCN1CCN(CC2CN(C3CCNCC3)C(=O)O2)CC1. The summed E-state index contributed by atoms with van der Waals surface area (Å²) in [5.74, 6) is -0.154. The first kappa shape index (κ1) is 18.4. The molecular formula is C17H30N4O4. The zero-order chi connectivity index (χ0) is 17.6. The van der Waals surface area contributed by atoms with Gasteiger partial charge >= 0.3 is 12.1 Å². The van der Waals surface area contributed by atoms with Gasteiger partial charge in [0.1, 0.15) is 6.10 Å². The fourth-order valence-electron chi connectivity index (χ4n) is 3.89. The molecule has 3 fully saturated rings. The maximum absolute atomic E-state index is 12.2. The van der Waals surface area contributed by atoms with Crippen molar-refractivity contribution in [2.75, 3.05) is 66.0 Å². The molecule has 3 aliphatic heterocycles. The summed E-state index contributed by atoms with van der Waals surface area (Å²) in [7, 11) is 1.43. The average Bonchev–Trinajstić information content (AvgIpc) is 3.01. The number of rotatable bonds is 6. The summed E-state index contributed by atoms with van der Waals surface area (Å²) >= 11 is 0. The van der Waals surface area contributed by atoms with Crippen LogP contribution < -0.4 is 5.32 Å². The highest BCUT2D eigenvalue weighted by Gasteiger charge is 2.37. The summed E-state index contributed by atoms with van der Waals surface area (Å²) < 4.78 is 10.3. The molecule has 0 aliphatic carbocycles. The normalized spacial score (nSPS) is 26.7. The van der Waals surface area contributed by atoms with Gasteiger partial charge in [-0.3, -0.25) is 9.69 Å². The van der Waals surface area contributed by atoms with Crippen LogP contribution in [-0.2, 0) is 14.3 Å². The van der Waals surface area contributed by atoms with Crippen LogP contribution in [0.2, 0.25) is 0 Å². The summed E-state index contributed by atoms with van der Waals surface area (Å²) in [5, 5.41) is 3.33. The van der Waals surface area contributed by atoms with Gasteiger partial charge in [-0.15, -0.1) is 0 Å². The van der Waals surface area contributed by atoms with Crippen molar-refractivity contribution in [2.45, 2.75) is 31.4 Å². The highest BCUT2D eigenvalue weighted by atomic mass is 16.6. The van der Waals surface area contributed by atoms with Gasteiger partial charge < -0.3 is 24.6 Å². The highest BCUT2D eigenvalue weighted by Crippen LogP contribution is 2.21. The predicted molar refractivity (Wildman–Crippen MR) is 92.4 cm³/mol. The number of esters is 1. The smallest absolute Gasteiger partial charge is 0.410 e. The fraction of sp³-hybridized carbons (Fsp3) is 0.882. The van der Waals surface area contributed by atoms with E-state index in [-0.39, 0.29) is 18.2 Å². The first-order valence-corrected chi connectivity index (χ1v) is 9.35. The number of methoxy groups -OCH3 is 1. The molecule has 3 aliphatic rings. The number of ether oxygens (including phenoxy) is 2. The minimum Gasteiger partial charge on any atom is -0.469 e. The largest absolute Gasteiger partial charge is 0.469 e. The summed E-state index contributed by atoms with van der Waals surface area (Å²) in [6.45, 7) is 8.00. The Labute approximate surface area is 149 Å². The van der Waals surface area contributed by atoms with Crippen molar-refractivity contribution < 1.29 is 19.1 Å². The molecular weight excluding hydrogens is 324 g/mol. The van der Waals surface area contributed by atoms with E-state index in [0.717, 1.165) is 65.2 Å². The first-order valence-electron chi connectivity index (χ1n) is 9.35. The third-order valence-electron chi connectivity index (χ3n) is 5.44. The summed E-state index contributed by atoms with van der Waals surface area (Å²) in [6.07, 6.45) is 2.31. The Morgan fingerprint density at radius 1 is 1.20 bits per heavy atom. The maximum Gasteiger partial charge on any atom is 0.410 e. The standard InChI is InChI=1S/C17H30N4O4/c1-24-16(22)4-7-19-8-10-20(11-9-19)12-15-13-21(17(23)25-15)14-2-5-18-6-3-14/h14-15,18H,2-13H2,1H3. The zero-order valence-electron chi connectivity index (χ0n) is 15.1. The Hall–Kier alpha value is -1.38. The maximum atomic E-state index is 12.2. The highest BCUT2D eigenvalue weighted by molar-refractivity contribution is 5.70. The van der Waals surface area contributed by atoms with Crippen molar-refractivity contribution in [3.63, 3.8) is 0 Å². The molecule has 1 unspecified atom stereocenters. The van der Waals surface area contributed by atoms with Crippen molar-refractivity contribution in [1.82, 2.24) is 20.0 Å². The zero-order valence-corrected chi connectivity index (χ0v) is 15.1. The molecule has 1 amide bonds. The van der Waals surface area contributed by atoms with Gasteiger partial charge in [0.25, 0.3) is 0 Å². The number of hydrogen-bond donors (Lipinski definition) is 1. The van der Waals surface area contributed by atoms with Gasteiger partial charge in [-0.05, 0) is 25.9 Å². The van der Waals surface area contributed by atoms with E-state index in [1.807, 2.05) is 4.90 Å². The Morgan fingerprint density at radius 2 is 1.88 bits per heavy atom. The van der Waals surface area contributed by atoms with Crippen LogP contribution in [0.1, 0.15) is 19.3 Å². The van der Waals surface area contributed by atoms with Crippen LogP contribution in [0, 0.1) is 0 Å². The number of nitrogens with one attached hydrogen (secondary N) is 1. The van der Waals surface area contributed by atoms with Crippen LogP contribution in [0.4, 0.5) is 4.79 Å². The van der Waals surface area contributed by atoms with E-state index in [0.29, 0.717) is 19.0 Å². The molecule has 0 spiro atoms. The Bertz CT molecular complexity index is 462. The van der Waals surface area contributed by atoms with E-state index in [4.69, 9.17) is 4.74 Å². The fourth-order valence-corrected chi connectivity index (χ4v) is 3.89. The van der Waals surface area contributed by atoms with Crippen LogP contribution >= 0.6 is 0 Å². The Balaban J connectivity index is 1.38. The number of piperidine rings is 1. The number of carbonyl (C=O) groups excluding carboxylic acids is 2. The molecule has 0 aromatic rings. The van der Waals surface area contributed by atoms with Crippen molar-refractivity contribution in [2.24, 2.45) is 0 Å². The lowest BCUT2D eigenvalue weighted by Gasteiger charge is -2.35. The van der Waals surface area contributed by atoms with Gasteiger partial charge in [-0.25, -0.2) is 4.79 Å². The number of cyclic esters (lactones) is 1. The second-order valence-corrected chi connectivity index (χ2v) is 7.11. The molecule has 1 atom stereocenters. The third-order valence-corrected chi connectivity index (χ3v) is 5.44. The topological polar surface area (TPSA) is 74.4 Å². The lowest BCUT2D eigenvalue weighted by molar-refractivity contribution is -0.141. The lowest BCUT2D eigenvalue weighted by atomic mass is 10.1. The second-order valence-electron chi connectivity index (χ2n) is 7.11. The second kappa shape index (κ2) is 8.82. The van der Waals surface area contributed by atoms with Gasteiger partial charge in [0, 0.05) is 45.3 Å². The molecule has 3 heterocycles. The quantitative estimate of drug-likeness (QED) is 0.659. The number of piperazine rings is 1. The lowest BCUT2D eigenvalue weighted by Crippen LogP contribution is -2.49. The summed E-state index contributed by atoms with van der Waals surface area (Å²) in [5.41, 5.74) is 0. The summed E-state index contributed by atoms with van der Waals surface area (Å²) in [6, 6.07) is 0.328. The van der Waals surface area contributed by atoms with Crippen LogP contribution in [0.15, 0.2) is 0 Å². The molecule has 0 aromatic carbocycles. The third kappa shape index (κ3) is 5.05. The number of hydrogen-bond acceptors (Lipinski definition) is 7. The van der Waals surface area contributed by atoms with Crippen molar-refractivity contribution in [3.8, 4) is 0 Å². The monoisotopic (exact) mass is 354 g/mol. The molecule has 1 N–H and O–H groups in total. The van der Waals surface area contributed by atoms with Crippen molar-refractivity contribution >= 4 is 12.1 Å². The van der Waals surface area contributed by atoms with Gasteiger partial charge in [-0.2, -0.15) is 0 Å². The van der Waals surface area contributed by atoms with Gasteiger partial charge in [0.05, 0.1) is 20.1 Å². The number of amides is 1. The van der Waals surface area contributed by atoms with Crippen LogP contribution in [0.5, 0.6) is 0 Å². The molecule has 3 saturated heterocycles. The first-order chi connectivity index (χ1) is 12.2. The van der Waals surface area contributed by atoms with E-state index < -0.39 is 0 Å².